The largest absolute Gasteiger partial charge is 0.480 e. The van der Waals surface area contributed by atoms with Crippen LogP contribution in [0.25, 0.3) is 0 Å². The van der Waals surface area contributed by atoms with Crippen molar-refractivity contribution in [1.82, 2.24) is 4.90 Å². The van der Waals surface area contributed by atoms with Gasteiger partial charge in [0.2, 0.25) is 0 Å². The lowest BCUT2D eigenvalue weighted by Crippen LogP contribution is -2.46. The zero-order valence-electron chi connectivity index (χ0n) is 11.1. The topological polar surface area (TPSA) is 40.5 Å². The molecule has 2 rings (SSSR count). The Hall–Kier alpha value is -0.570. The molecule has 2 saturated carbocycles. The minimum absolute atomic E-state index is 0.294. The predicted molar refractivity (Wildman–Crippen MR) is 67.9 cm³/mol. The van der Waals surface area contributed by atoms with Crippen molar-refractivity contribution in [3.63, 3.8) is 0 Å². The van der Waals surface area contributed by atoms with Crippen LogP contribution >= 0.6 is 0 Å². The highest BCUT2D eigenvalue weighted by atomic mass is 16.4. The maximum atomic E-state index is 11.2. The fourth-order valence-electron chi connectivity index (χ4n) is 3.46. The van der Waals surface area contributed by atoms with Crippen LogP contribution in [0.2, 0.25) is 0 Å². The van der Waals surface area contributed by atoms with Gasteiger partial charge >= 0.3 is 5.97 Å². The average Bonchev–Trinajstić information content (AvgIpc) is 3.13. The van der Waals surface area contributed by atoms with Crippen molar-refractivity contribution in [2.24, 2.45) is 11.8 Å². The fourth-order valence-corrected chi connectivity index (χ4v) is 3.46. The maximum Gasteiger partial charge on any atom is 0.320 e. The summed E-state index contributed by atoms with van der Waals surface area (Å²) in [5, 5.41) is 9.22. The van der Waals surface area contributed by atoms with E-state index in [1.165, 1.54) is 38.5 Å². The quantitative estimate of drug-likeness (QED) is 0.802. The number of hydrogen-bond donors (Lipinski definition) is 1. The van der Waals surface area contributed by atoms with Crippen LogP contribution in [0.1, 0.15) is 51.9 Å². The first-order valence-electron chi connectivity index (χ1n) is 7.08. The molecule has 0 amide bonds. The summed E-state index contributed by atoms with van der Waals surface area (Å²) in [7, 11) is 2.00. The molecular formula is C14H25NO2. The van der Waals surface area contributed by atoms with Gasteiger partial charge in [0.15, 0.2) is 0 Å². The van der Waals surface area contributed by atoms with Crippen LogP contribution in [0, 0.1) is 11.8 Å². The van der Waals surface area contributed by atoms with E-state index in [-0.39, 0.29) is 6.04 Å². The summed E-state index contributed by atoms with van der Waals surface area (Å²) < 4.78 is 0. The molecule has 98 valence electrons. The van der Waals surface area contributed by atoms with Crippen molar-refractivity contribution in [2.75, 3.05) is 7.05 Å². The van der Waals surface area contributed by atoms with Crippen molar-refractivity contribution >= 4 is 5.97 Å². The van der Waals surface area contributed by atoms with Crippen molar-refractivity contribution in [1.29, 1.82) is 0 Å². The summed E-state index contributed by atoms with van der Waals surface area (Å²) in [6.07, 6.45) is 8.60. The third-order valence-corrected chi connectivity index (χ3v) is 4.72. The number of aliphatic carboxylic acids is 1. The molecule has 0 aromatic heterocycles. The second-order valence-corrected chi connectivity index (χ2v) is 5.85. The monoisotopic (exact) mass is 239 g/mol. The van der Waals surface area contributed by atoms with Crippen molar-refractivity contribution in [3.8, 4) is 0 Å². The molecule has 2 fully saturated rings. The van der Waals surface area contributed by atoms with Gasteiger partial charge in [-0.25, -0.2) is 0 Å². The first-order valence-corrected chi connectivity index (χ1v) is 7.08. The Morgan fingerprint density at radius 2 is 2.00 bits per heavy atom. The lowest BCUT2D eigenvalue weighted by Gasteiger charge is -2.38. The second kappa shape index (κ2) is 5.38. The van der Waals surface area contributed by atoms with Gasteiger partial charge in [-0.15, -0.1) is 0 Å². The molecule has 3 unspecified atom stereocenters. The summed E-state index contributed by atoms with van der Waals surface area (Å²) in [5.41, 5.74) is 0. The van der Waals surface area contributed by atoms with Gasteiger partial charge in [-0.05, 0) is 51.0 Å². The first-order chi connectivity index (χ1) is 8.13. The van der Waals surface area contributed by atoms with Crippen molar-refractivity contribution in [3.05, 3.63) is 0 Å². The van der Waals surface area contributed by atoms with Crippen LogP contribution in [0.4, 0.5) is 0 Å². The zero-order chi connectivity index (χ0) is 12.4. The van der Waals surface area contributed by atoms with Crippen LogP contribution in [0.15, 0.2) is 0 Å². The standard InChI is InChI=1S/C14H25NO2/c1-3-13(14(16)17)15(2)12-6-4-5-11(9-12)10-7-8-10/h10-13H,3-9H2,1-2H3,(H,16,17). The molecule has 3 heteroatoms. The molecule has 0 aliphatic heterocycles. The Labute approximate surface area is 104 Å². The van der Waals surface area contributed by atoms with Crippen LogP contribution in [-0.2, 0) is 4.79 Å². The zero-order valence-corrected chi connectivity index (χ0v) is 11.1. The number of likely N-dealkylation sites (N-methyl/N-ethyl adjacent to an activating group) is 1. The Morgan fingerprint density at radius 1 is 1.29 bits per heavy atom. The minimum atomic E-state index is -0.663. The van der Waals surface area contributed by atoms with E-state index in [0.717, 1.165) is 11.8 Å². The summed E-state index contributed by atoms with van der Waals surface area (Å²) >= 11 is 0. The molecule has 0 bridgehead atoms. The van der Waals surface area contributed by atoms with E-state index in [2.05, 4.69) is 4.90 Å². The van der Waals surface area contributed by atoms with Gasteiger partial charge in [0, 0.05) is 6.04 Å². The van der Waals surface area contributed by atoms with Gasteiger partial charge < -0.3 is 5.11 Å². The molecule has 0 aromatic carbocycles. The normalized spacial score (nSPS) is 31.5. The van der Waals surface area contributed by atoms with E-state index in [9.17, 15) is 9.90 Å². The molecule has 2 aliphatic carbocycles. The van der Waals surface area contributed by atoms with Crippen LogP contribution in [0.5, 0.6) is 0 Å². The second-order valence-electron chi connectivity index (χ2n) is 5.85. The summed E-state index contributed by atoms with van der Waals surface area (Å²) in [6.45, 7) is 1.97. The maximum absolute atomic E-state index is 11.2. The third-order valence-electron chi connectivity index (χ3n) is 4.72. The van der Waals surface area contributed by atoms with Crippen molar-refractivity contribution in [2.45, 2.75) is 64.0 Å². The van der Waals surface area contributed by atoms with E-state index in [1.807, 2.05) is 14.0 Å². The molecule has 0 aromatic rings. The molecule has 1 N–H and O–H groups in total. The van der Waals surface area contributed by atoms with E-state index in [4.69, 9.17) is 0 Å². The molecule has 0 saturated heterocycles. The smallest absolute Gasteiger partial charge is 0.320 e. The minimum Gasteiger partial charge on any atom is -0.480 e. The summed E-state index contributed by atoms with van der Waals surface area (Å²) in [4.78, 5) is 13.3. The number of hydrogen-bond acceptors (Lipinski definition) is 2. The first kappa shape index (κ1) is 12.9. The van der Waals surface area contributed by atoms with Gasteiger partial charge in [-0.2, -0.15) is 0 Å². The molecule has 2 aliphatic rings. The highest BCUT2D eigenvalue weighted by Crippen LogP contribution is 2.44. The molecule has 3 nitrogen and oxygen atoms in total. The number of nitrogens with zero attached hydrogens (tertiary/aromatic N) is 1. The average molecular weight is 239 g/mol. The molecule has 17 heavy (non-hydrogen) atoms. The van der Waals surface area contributed by atoms with Gasteiger partial charge in [0.1, 0.15) is 6.04 Å². The van der Waals surface area contributed by atoms with Gasteiger partial charge in [0.25, 0.3) is 0 Å². The predicted octanol–water partition coefficient (Wildman–Crippen LogP) is 2.75. The van der Waals surface area contributed by atoms with Crippen LogP contribution < -0.4 is 0 Å². The Morgan fingerprint density at radius 3 is 2.53 bits per heavy atom. The molecule has 3 atom stereocenters. The number of rotatable bonds is 5. The van der Waals surface area contributed by atoms with Crippen LogP contribution in [0.3, 0.4) is 0 Å². The van der Waals surface area contributed by atoms with E-state index in [1.54, 1.807) is 0 Å². The fraction of sp³-hybridized carbons (Fsp3) is 0.929. The summed E-state index contributed by atoms with van der Waals surface area (Å²) in [6, 6.07) is 0.202. The third kappa shape index (κ3) is 3.01. The molecule has 0 heterocycles. The lowest BCUT2D eigenvalue weighted by molar-refractivity contribution is -0.144. The highest BCUT2D eigenvalue weighted by Gasteiger charge is 2.37. The highest BCUT2D eigenvalue weighted by molar-refractivity contribution is 5.73. The van der Waals surface area contributed by atoms with Crippen molar-refractivity contribution < 1.29 is 9.90 Å². The summed E-state index contributed by atoms with van der Waals surface area (Å²) in [5.74, 6) is 1.18. The van der Waals surface area contributed by atoms with Gasteiger partial charge in [-0.1, -0.05) is 19.8 Å². The Balaban J connectivity index is 1.92. The Bertz CT molecular complexity index is 275. The molecule has 0 spiro atoms. The van der Waals surface area contributed by atoms with E-state index in [0.29, 0.717) is 12.5 Å². The van der Waals surface area contributed by atoms with Crippen LogP contribution in [-0.4, -0.2) is 35.1 Å². The van der Waals surface area contributed by atoms with Gasteiger partial charge in [0.05, 0.1) is 0 Å². The Kier molecular flexibility index (Phi) is 4.08. The van der Waals surface area contributed by atoms with E-state index < -0.39 is 5.97 Å². The van der Waals surface area contributed by atoms with E-state index >= 15 is 0 Å². The molecule has 0 radical (unpaired) electrons. The number of carbonyl (C=O) groups is 1. The number of carboxylic acids is 1. The van der Waals surface area contributed by atoms with Gasteiger partial charge in [-0.3, -0.25) is 9.69 Å². The SMILES string of the molecule is CCC(C(=O)O)N(C)C1CCCC(C2CC2)C1. The lowest BCUT2D eigenvalue weighted by atomic mass is 9.81. The number of carboxylic acid groups (broad SMARTS) is 1. The molecular weight excluding hydrogens is 214 g/mol.